The van der Waals surface area contributed by atoms with E-state index in [0.717, 1.165) is 36.1 Å². The van der Waals surface area contributed by atoms with Crippen LogP contribution in [0.1, 0.15) is 30.9 Å². The minimum absolute atomic E-state index is 0.357. The maximum absolute atomic E-state index is 10.2. The number of unbranched alkanes of at least 4 members (excludes halogenated alkanes) is 1. The fourth-order valence-corrected chi connectivity index (χ4v) is 1.94. The predicted octanol–water partition coefficient (Wildman–Crippen LogP) is 5.86. The minimum atomic E-state index is -0.556. The molecule has 0 bridgehead atoms. The van der Waals surface area contributed by atoms with Crippen molar-refractivity contribution in [3.8, 4) is 5.75 Å². The molecule has 0 heterocycles. The number of nitrogens with zero attached hydrogens (tertiary/aromatic N) is 1. The summed E-state index contributed by atoms with van der Waals surface area (Å²) in [5, 5.41) is 10.2. The fraction of sp³-hybridized carbons (Fsp3) is 0.235. The summed E-state index contributed by atoms with van der Waals surface area (Å²) in [5.74, 6) is 0.357. The molecule has 0 saturated carbocycles. The molecule has 0 amide bonds. The van der Waals surface area contributed by atoms with E-state index in [1.165, 1.54) is 0 Å². The van der Waals surface area contributed by atoms with Crippen molar-refractivity contribution in [2.24, 2.45) is 4.99 Å². The molecular weight excluding hydrogens is 353 g/mol. The molecule has 0 aliphatic rings. The van der Waals surface area contributed by atoms with Gasteiger partial charge >= 0.3 is 35.6 Å². The maximum atomic E-state index is 10.2. The average molecular weight is 372 g/mol. The number of hydrogen-bond donors (Lipinski definition) is 1. The van der Waals surface area contributed by atoms with E-state index in [4.69, 9.17) is 18.6 Å². The molecule has 0 fully saturated rings. The van der Waals surface area contributed by atoms with Crippen LogP contribution < -0.4 is 0 Å². The SMILES string of the molecule is CCCCc1cccc(C=Nc2ccccc2)c1O.[Cl][Ti][Cl]. The van der Waals surface area contributed by atoms with Crippen LogP contribution in [0, 0.1) is 0 Å². The Bertz CT molecular complexity index is 576. The molecule has 0 spiro atoms. The van der Waals surface area contributed by atoms with Crippen LogP contribution in [0.5, 0.6) is 5.75 Å². The number of aliphatic imine (C=N–C) groups is 1. The van der Waals surface area contributed by atoms with Crippen LogP contribution in [-0.4, -0.2) is 11.3 Å². The van der Waals surface area contributed by atoms with E-state index in [-0.39, 0.29) is 0 Å². The van der Waals surface area contributed by atoms with E-state index in [1.54, 1.807) is 6.21 Å². The quantitative estimate of drug-likeness (QED) is 0.517. The van der Waals surface area contributed by atoms with Gasteiger partial charge in [0.25, 0.3) is 0 Å². The van der Waals surface area contributed by atoms with Crippen molar-refractivity contribution in [1.29, 1.82) is 0 Å². The van der Waals surface area contributed by atoms with E-state index in [2.05, 4.69) is 11.9 Å². The number of halogens is 2. The van der Waals surface area contributed by atoms with Gasteiger partial charge < -0.3 is 5.11 Å². The summed E-state index contributed by atoms with van der Waals surface area (Å²) in [6, 6.07) is 15.6. The Labute approximate surface area is 148 Å². The Morgan fingerprint density at radius 1 is 1.09 bits per heavy atom. The fourth-order valence-electron chi connectivity index (χ4n) is 1.94. The number of benzene rings is 2. The standard InChI is InChI=1S/C17H19NO.2ClH.Ti/c1-2-3-8-14-9-7-10-15(17(14)19)13-18-16-11-5-4-6-12-16;;;/h4-7,9-13,19H,2-3,8H2,1H3;2*1H;/q;;;+2/p-2. The molecule has 0 saturated heterocycles. The van der Waals surface area contributed by atoms with E-state index < -0.39 is 17.0 Å². The van der Waals surface area contributed by atoms with Gasteiger partial charge in [0.1, 0.15) is 5.75 Å². The molecule has 116 valence electrons. The van der Waals surface area contributed by atoms with E-state index in [1.807, 2.05) is 48.5 Å². The molecule has 0 unspecified atom stereocenters. The van der Waals surface area contributed by atoms with Gasteiger partial charge in [-0.2, -0.15) is 0 Å². The molecule has 0 atom stereocenters. The predicted molar refractivity (Wildman–Crippen MR) is 92.1 cm³/mol. The van der Waals surface area contributed by atoms with Crippen molar-refractivity contribution >= 4 is 30.5 Å². The first kappa shape index (κ1) is 19.3. The molecule has 1 N–H and O–H groups in total. The zero-order valence-corrected chi connectivity index (χ0v) is 15.5. The topological polar surface area (TPSA) is 32.6 Å². The van der Waals surface area contributed by atoms with Crippen LogP contribution in [-0.2, 0) is 23.5 Å². The van der Waals surface area contributed by atoms with Crippen molar-refractivity contribution in [1.82, 2.24) is 0 Å². The second kappa shape index (κ2) is 11.7. The summed E-state index contributed by atoms with van der Waals surface area (Å²) in [6.07, 6.45) is 4.85. The van der Waals surface area contributed by atoms with Crippen molar-refractivity contribution in [3.05, 3.63) is 59.7 Å². The number of para-hydroxylation sites is 2. The molecule has 2 aromatic carbocycles. The number of hydrogen-bond acceptors (Lipinski definition) is 2. The van der Waals surface area contributed by atoms with Gasteiger partial charge in [0.2, 0.25) is 0 Å². The van der Waals surface area contributed by atoms with Gasteiger partial charge in [0.05, 0.1) is 5.69 Å². The first-order valence-electron chi connectivity index (χ1n) is 7.09. The summed E-state index contributed by atoms with van der Waals surface area (Å²) in [5.41, 5.74) is 2.66. The van der Waals surface area contributed by atoms with Crippen molar-refractivity contribution in [2.75, 3.05) is 0 Å². The molecular formula is C17H19Cl2NOTi. The van der Waals surface area contributed by atoms with Crippen LogP contribution in [0.4, 0.5) is 5.69 Å². The number of phenolic OH excluding ortho intramolecular Hbond substituents is 1. The molecule has 2 nitrogen and oxygen atoms in total. The average Bonchev–Trinajstić information content (AvgIpc) is 2.54. The molecule has 0 radical (unpaired) electrons. The third-order valence-corrected chi connectivity index (χ3v) is 3.06. The summed E-state index contributed by atoms with van der Waals surface area (Å²) in [7, 11) is 9.78. The number of phenols is 1. The molecule has 5 heteroatoms. The van der Waals surface area contributed by atoms with Crippen molar-refractivity contribution in [2.45, 2.75) is 26.2 Å². The van der Waals surface area contributed by atoms with Gasteiger partial charge in [-0.25, -0.2) is 0 Å². The summed E-state index contributed by atoms with van der Waals surface area (Å²) < 4.78 is 0. The van der Waals surface area contributed by atoms with Gasteiger partial charge in [0.15, 0.2) is 0 Å². The number of aryl methyl sites for hydroxylation is 1. The van der Waals surface area contributed by atoms with E-state index in [9.17, 15) is 5.11 Å². The first-order valence-corrected chi connectivity index (χ1v) is 11.4. The Hall–Kier alpha value is -0.796. The molecule has 0 aliphatic heterocycles. The van der Waals surface area contributed by atoms with Crippen LogP contribution in [0.25, 0.3) is 0 Å². The van der Waals surface area contributed by atoms with Gasteiger partial charge in [-0.05, 0) is 36.6 Å². The number of rotatable bonds is 5. The zero-order chi connectivity index (χ0) is 16.2. The molecule has 0 aromatic heterocycles. The van der Waals surface area contributed by atoms with Crippen LogP contribution >= 0.6 is 18.6 Å². The molecule has 2 aromatic rings. The normalized spacial score (nSPS) is 10.1. The molecule has 22 heavy (non-hydrogen) atoms. The first-order chi connectivity index (χ1) is 10.7. The second-order valence-corrected chi connectivity index (χ2v) is 7.20. The monoisotopic (exact) mass is 371 g/mol. The van der Waals surface area contributed by atoms with Crippen LogP contribution in [0.3, 0.4) is 0 Å². The van der Waals surface area contributed by atoms with E-state index >= 15 is 0 Å². The third kappa shape index (κ3) is 6.98. The zero-order valence-electron chi connectivity index (χ0n) is 12.5. The van der Waals surface area contributed by atoms with Gasteiger partial charge in [0, 0.05) is 11.8 Å². The molecule has 0 aliphatic carbocycles. The van der Waals surface area contributed by atoms with Gasteiger partial charge in [-0.3, -0.25) is 4.99 Å². The summed E-state index contributed by atoms with van der Waals surface area (Å²) >= 11 is -0.556. The van der Waals surface area contributed by atoms with Gasteiger partial charge in [-0.15, -0.1) is 0 Å². The number of aromatic hydroxyl groups is 1. The molecule has 2 rings (SSSR count). The third-order valence-electron chi connectivity index (χ3n) is 3.06. The summed E-state index contributed by atoms with van der Waals surface area (Å²) in [4.78, 5) is 4.37. The van der Waals surface area contributed by atoms with Crippen molar-refractivity contribution in [3.63, 3.8) is 0 Å². The summed E-state index contributed by atoms with van der Waals surface area (Å²) in [6.45, 7) is 2.15. The Balaban J connectivity index is 0.000000745. The Morgan fingerprint density at radius 3 is 2.41 bits per heavy atom. The second-order valence-electron chi connectivity index (χ2n) is 4.62. The van der Waals surface area contributed by atoms with Crippen LogP contribution in [0.2, 0.25) is 0 Å². The van der Waals surface area contributed by atoms with Gasteiger partial charge in [-0.1, -0.05) is 43.7 Å². The van der Waals surface area contributed by atoms with E-state index in [0.29, 0.717) is 5.75 Å². The Kier molecular flexibility index (Phi) is 10.3. The van der Waals surface area contributed by atoms with Crippen LogP contribution in [0.15, 0.2) is 53.5 Å². The van der Waals surface area contributed by atoms with Crippen molar-refractivity contribution < 1.29 is 22.1 Å². The Morgan fingerprint density at radius 2 is 1.77 bits per heavy atom.